The fourth-order valence-electron chi connectivity index (χ4n) is 2.59. The molecule has 0 saturated carbocycles. The van der Waals surface area contributed by atoms with E-state index < -0.39 is 10.0 Å². The summed E-state index contributed by atoms with van der Waals surface area (Å²) >= 11 is 1.19. The number of anilines is 1. The normalized spacial score (nSPS) is 11.4. The molecule has 0 aliphatic heterocycles. The highest BCUT2D eigenvalue weighted by atomic mass is 32.2. The number of carbonyl (C=O) groups is 1. The SMILES string of the molecule is CNS(=O)(=O)c1cc(NC(=O)c2sc(-c3ccc(F)cc3)nc2C)ccc1C. The minimum absolute atomic E-state index is 0.0980. The highest BCUT2D eigenvalue weighted by Gasteiger charge is 2.19. The zero-order valence-corrected chi connectivity index (χ0v) is 17.0. The van der Waals surface area contributed by atoms with Gasteiger partial charge in [-0.3, -0.25) is 4.79 Å². The second-order valence-corrected chi connectivity index (χ2v) is 8.94. The molecule has 1 amide bonds. The van der Waals surface area contributed by atoms with Crippen LogP contribution in [0.2, 0.25) is 0 Å². The average molecular weight is 420 g/mol. The maximum absolute atomic E-state index is 13.1. The molecule has 0 fully saturated rings. The number of nitrogens with zero attached hydrogens (tertiary/aromatic N) is 1. The topological polar surface area (TPSA) is 88.2 Å². The van der Waals surface area contributed by atoms with E-state index in [0.717, 1.165) is 0 Å². The summed E-state index contributed by atoms with van der Waals surface area (Å²) in [5, 5.41) is 3.32. The number of hydrogen-bond acceptors (Lipinski definition) is 5. The maximum atomic E-state index is 13.1. The van der Waals surface area contributed by atoms with Gasteiger partial charge in [-0.15, -0.1) is 11.3 Å². The Hall–Kier alpha value is -2.62. The number of halogens is 1. The molecule has 0 radical (unpaired) electrons. The molecule has 0 saturated heterocycles. The van der Waals surface area contributed by atoms with Crippen molar-refractivity contribution < 1.29 is 17.6 Å². The lowest BCUT2D eigenvalue weighted by molar-refractivity contribution is 0.102. The van der Waals surface area contributed by atoms with Crippen molar-refractivity contribution in [2.24, 2.45) is 0 Å². The first kappa shape index (κ1) is 20.1. The van der Waals surface area contributed by atoms with Crippen LogP contribution in [0.5, 0.6) is 0 Å². The molecule has 2 aromatic carbocycles. The highest BCUT2D eigenvalue weighted by molar-refractivity contribution is 7.89. The number of thiazole rings is 1. The zero-order chi connectivity index (χ0) is 20.5. The molecule has 146 valence electrons. The first-order chi connectivity index (χ1) is 13.2. The Morgan fingerprint density at radius 1 is 1.11 bits per heavy atom. The van der Waals surface area contributed by atoms with Gasteiger partial charge in [0.15, 0.2) is 0 Å². The summed E-state index contributed by atoms with van der Waals surface area (Å²) in [6, 6.07) is 10.6. The van der Waals surface area contributed by atoms with Crippen molar-refractivity contribution in [3.8, 4) is 10.6 Å². The van der Waals surface area contributed by atoms with E-state index in [9.17, 15) is 17.6 Å². The number of sulfonamides is 1. The number of rotatable bonds is 5. The molecule has 0 bridgehead atoms. The number of hydrogen-bond donors (Lipinski definition) is 2. The average Bonchev–Trinajstić information content (AvgIpc) is 3.05. The van der Waals surface area contributed by atoms with Gasteiger partial charge in [0.2, 0.25) is 10.0 Å². The van der Waals surface area contributed by atoms with Crippen LogP contribution in [0, 0.1) is 19.7 Å². The van der Waals surface area contributed by atoms with Gasteiger partial charge in [-0.2, -0.15) is 0 Å². The van der Waals surface area contributed by atoms with Crippen molar-refractivity contribution in [3.05, 3.63) is 64.4 Å². The van der Waals surface area contributed by atoms with Gasteiger partial charge in [0.1, 0.15) is 15.7 Å². The zero-order valence-electron chi connectivity index (χ0n) is 15.4. The van der Waals surface area contributed by atoms with Crippen molar-refractivity contribution in [1.29, 1.82) is 0 Å². The highest BCUT2D eigenvalue weighted by Crippen LogP contribution is 2.29. The largest absolute Gasteiger partial charge is 0.321 e. The first-order valence-corrected chi connectivity index (χ1v) is 10.6. The van der Waals surface area contributed by atoms with Crippen LogP contribution in [0.4, 0.5) is 10.1 Å². The predicted molar refractivity (Wildman–Crippen MR) is 108 cm³/mol. The van der Waals surface area contributed by atoms with Gasteiger partial charge in [0.25, 0.3) is 5.91 Å². The minimum Gasteiger partial charge on any atom is -0.321 e. The molecule has 0 atom stereocenters. The Balaban J connectivity index is 1.88. The molecule has 3 aromatic rings. The fourth-order valence-corrected chi connectivity index (χ4v) is 4.55. The number of carbonyl (C=O) groups excluding carboxylic acids is 1. The summed E-state index contributed by atoms with van der Waals surface area (Å²) in [7, 11) is -2.31. The fraction of sp³-hybridized carbons (Fsp3) is 0.158. The summed E-state index contributed by atoms with van der Waals surface area (Å²) in [4.78, 5) is 17.6. The molecule has 0 aliphatic rings. The number of nitrogens with one attached hydrogen (secondary N) is 2. The summed E-state index contributed by atoms with van der Waals surface area (Å²) < 4.78 is 39.6. The standard InChI is InChI=1S/C19H18FN3O3S2/c1-11-4-9-15(10-16(11)28(25,26)21-3)23-18(24)17-12(2)22-19(27-17)13-5-7-14(20)8-6-13/h4-10,21H,1-3H3,(H,23,24). The Bertz CT molecular complexity index is 1140. The molecular weight excluding hydrogens is 401 g/mol. The van der Waals surface area contributed by atoms with E-state index in [2.05, 4.69) is 15.0 Å². The summed E-state index contributed by atoms with van der Waals surface area (Å²) in [6.07, 6.45) is 0. The molecular formula is C19H18FN3O3S2. The molecule has 1 aromatic heterocycles. The number of benzene rings is 2. The van der Waals surface area contributed by atoms with Crippen LogP contribution in [-0.2, 0) is 10.0 Å². The molecule has 2 N–H and O–H groups in total. The quantitative estimate of drug-likeness (QED) is 0.660. The summed E-state index contributed by atoms with van der Waals surface area (Å²) in [5.74, 6) is -0.735. The van der Waals surface area contributed by atoms with E-state index in [1.165, 1.54) is 36.6 Å². The van der Waals surface area contributed by atoms with Gasteiger partial charge in [-0.25, -0.2) is 22.5 Å². The maximum Gasteiger partial charge on any atom is 0.267 e. The second-order valence-electron chi connectivity index (χ2n) is 6.08. The minimum atomic E-state index is -3.64. The van der Waals surface area contributed by atoms with Gasteiger partial charge in [0.05, 0.1) is 10.6 Å². The summed E-state index contributed by atoms with van der Waals surface area (Å²) in [5.41, 5.74) is 2.18. The molecule has 3 rings (SSSR count). The van der Waals surface area contributed by atoms with Crippen LogP contribution in [0.15, 0.2) is 47.4 Å². The molecule has 1 heterocycles. The molecule has 28 heavy (non-hydrogen) atoms. The third-order valence-corrected chi connectivity index (χ3v) is 6.86. The van der Waals surface area contributed by atoms with Crippen molar-refractivity contribution in [2.75, 3.05) is 12.4 Å². The Labute approximate surface area is 166 Å². The summed E-state index contributed by atoms with van der Waals surface area (Å²) in [6.45, 7) is 3.39. The van der Waals surface area contributed by atoms with Crippen LogP contribution >= 0.6 is 11.3 Å². The van der Waals surface area contributed by atoms with Crippen LogP contribution in [0.3, 0.4) is 0 Å². The van der Waals surface area contributed by atoms with Gasteiger partial charge < -0.3 is 5.32 Å². The molecule has 6 nitrogen and oxygen atoms in total. The first-order valence-electron chi connectivity index (χ1n) is 8.30. The third kappa shape index (κ3) is 4.11. The van der Waals surface area contributed by atoms with Crippen LogP contribution in [0.25, 0.3) is 10.6 Å². The third-order valence-electron chi connectivity index (χ3n) is 4.10. The van der Waals surface area contributed by atoms with Crippen molar-refractivity contribution in [3.63, 3.8) is 0 Å². The number of aromatic nitrogens is 1. The van der Waals surface area contributed by atoms with Crippen molar-refractivity contribution in [2.45, 2.75) is 18.7 Å². The number of amides is 1. The lowest BCUT2D eigenvalue weighted by atomic mass is 10.2. The van der Waals surface area contributed by atoms with E-state index in [0.29, 0.717) is 32.4 Å². The van der Waals surface area contributed by atoms with E-state index >= 15 is 0 Å². The Morgan fingerprint density at radius 2 is 1.79 bits per heavy atom. The van der Waals surface area contributed by atoms with Gasteiger partial charge in [-0.1, -0.05) is 6.07 Å². The van der Waals surface area contributed by atoms with Gasteiger partial charge in [0, 0.05) is 11.3 Å². The predicted octanol–water partition coefficient (Wildman–Crippen LogP) is 3.73. The number of aryl methyl sites for hydroxylation is 2. The molecule has 0 aliphatic carbocycles. The van der Waals surface area contributed by atoms with Gasteiger partial charge >= 0.3 is 0 Å². The van der Waals surface area contributed by atoms with Crippen LogP contribution in [0.1, 0.15) is 20.9 Å². The monoisotopic (exact) mass is 419 g/mol. The molecule has 0 unspecified atom stereocenters. The van der Waals surface area contributed by atoms with E-state index in [1.807, 2.05) is 0 Å². The van der Waals surface area contributed by atoms with Crippen molar-refractivity contribution >= 4 is 33.0 Å². The Kier molecular flexibility index (Phi) is 5.59. The lowest BCUT2D eigenvalue weighted by Crippen LogP contribution is -2.20. The van der Waals surface area contributed by atoms with Gasteiger partial charge in [-0.05, 0) is 62.9 Å². The smallest absolute Gasteiger partial charge is 0.267 e. The van der Waals surface area contributed by atoms with E-state index in [-0.39, 0.29) is 16.6 Å². The molecule has 0 spiro atoms. The molecule has 9 heteroatoms. The second kappa shape index (κ2) is 7.78. The lowest BCUT2D eigenvalue weighted by Gasteiger charge is -2.10. The van der Waals surface area contributed by atoms with Crippen LogP contribution in [-0.4, -0.2) is 26.4 Å². The van der Waals surface area contributed by atoms with Crippen molar-refractivity contribution in [1.82, 2.24) is 9.71 Å². The van der Waals surface area contributed by atoms with Crippen LogP contribution < -0.4 is 10.0 Å². The van der Waals surface area contributed by atoms with E-state index in [4.69, 9.17) is 0 Å². The Morgan fingerprint density at radius 3 is 2.43 bits per heavy atom. The van der Waals surface area contributed by atoms with E-state index in [1.54, 1.807) is 38.1 Å².